The number of carbonyl (C=O) groups excluding carboxylic acids is 1. The fourth-order valence-electron chi connectivity index (χ4n) is 2.56. The van der Waals surface area contributed by atoms with Crippen molar-refractivity contribution in [3.63, 3.8) is 0 Å². The average molecular weight is 225 g/mol. The van der Waals surface area contributed by atoms with E-state index in [2.05, 4.69) is 12.2 Å². The lowest BCUT2D eigenvalue weighted by Gasteiger charge is -2.40. The van der Waals surface area contributed by atoms with Gasteiger partial charge in [0.15, 0.2) is 0 Å². The number of rotatable bonds is 2. The predicted molar refractivity (Wildman–Crippen MR) is 63.9 cm³/mol. The average Bonchev–Trinajstić information content (AvgIpc) is 2.24. The zero-order valence-electron chi connectivity index (χ0n) is 10.2. The Morgan fingerprint density at radius 1 is 1.44 bits per heavy atom. The third kappa shape index (κ3) is 2.48. The van der Waals surface area contributed by atoms with Gasteiger partial charge < -0.3 is 16.0 Å². The van der Waals surface area contributed by atoms with Crippen molar-refractivity contribution in [3.8, 4) is 0 Å². The molecule has 2 rings (SSSR count). The monoisotopic (exact) mass is 225 g/mol. The van der Waals surface area contributed by atoms with Gasteiger partial charge in [0.25, 0.3) is 0 Å². The van der Waals surface area contributed by atoms with Crippen molar-refractivity contribution in [1.82, 2.24) is 10.2 Å². The molecule has 1 saturated carbocycles. The molecule has 0 bridgehead atoms. The highest BCUT2D eigenvalue weighted by molar-refractivity contribution is 5.74. The predicted octanol–water partition coefficient (Wildman–Crippen LogP) is 1.66. The van der Waals surface area contributed by atoms with Gasteiger partial charge in [-0.05, 0) is 37.5 Å². The summed E-state index contributed by atoms with van der Waals surface area (Å²) in [5.41, 5.74) is 6.27. The molecule has 1 heterocycles. The number of hydrogen-bond acceptors (Lipinski definition) is 2. The highest BCUT2D eigenvalue weighted by Crippen LogP contribution is 2.39. The topological polar surface area (TPSA) is 58.4 Å². The van der Waals surface area contributed by atoms with Crippen LogP contribution in [0, 0.1) is 5.41 Å². The zero-order valence-corrected chi connectivity index (χ0v) is 10.2. The third-order valence-corrected chi connectivity index (χ3v) is 4.04. The first kappa shape index (κ1) is 11.7. The molecule has 0 radical (unpaired) electrons. The Balaban J connectivity index is 1.78. The molecule has 16 heavy (non-hydrogen) atoms. The van der Waals surface area contributed by atoms with E-state index in [0.717, 1.165) is 32.4 Å². The lowest BCUT2D eigenvalue weighted by Crippen LogP contribution is -2.54. The maximum absolute atomic E-state index is 11.9. The second-order valence-electron chi connectivity index (χ2n) is 5.58. The van der Waals surface area contributed by atoms with Crippen LogP contribution in [-0.4, -0.2) is 30.2 Å². The van der Waals surface area contributed by atoms with Crippen LogP contribution in [0.1, 0.15) is 45.4 Å². The van der Waals surface area contributed by atoms with Gasteiger partial charge in [0, 0.05) is 13.1 Å². The lowest BCUT2D eigenvalue weighted by atomic mass is 9.70. The van der Waals surface area contributed by atoms with E-state index in [1.807, 2.05) is 0 Å². The maximum atomic E-state index is 11.9. The van der Waals surface area contributed by atoms with Gasteiger partial charge in [0.05, 0.1) is 6.17 Å². The minimum absolute atomic E-state index is 0.0281. The Morgan fingerprint density at radius 3 is 2.75 bits per heavy atom. The van der Waals surface area contributed by atoms with Crippen LogP contribution in [0.3, 0.4) is 0 Å². The summed E-state index contributed by atoms with van der Waals surface area (Å²) in [7, 11) is 0. The van der Waals surface area contributed by atoms with Gasteiger partial charge in [-0.3, -0.25) is 0 Å². The van der Waals surface area contributed by atoms with Crippen LogP contribution in [0.25, 0.3) is 0 Å². The second-order valence-corrected chi connectivity index (χ2v) is 5.58. The molecule has 2 aliphatic rings. The molecule has 1 unspecified atom stereocenters. The van der Waals surface area contributed by atoms with E-state index in [4.69, 9.17) is 5.73 Å². The molecule has 3 N–H and O–H groups in total. The van der Waals surface area contributed by atoms with Gasteiger partial charge in [-0.25, -0.2) is 4.79 Å². The zero-order chi connectivity index (χ0) is 11.6. The summed E-state index contributed by atoms with van der Waals surface area (Å²) < 4.78 is 0. The van der Waals surface area contributed by atoms with Crippen LogP contribution in [-0.2, 0) is 0 Å². The van der Waals surface area contributed by atoms with E-state index in [0.29, 0.717) is 5.41 Å². The van der Waals surface area contributed by atoms with E-state index in [9.17, 15) is 4.79 Å². The summed E-state index contributed by atoms with van der Waals surface area (Å²) in [4.78, 5) is 13.7. The number of nitrogens with one attached hydrogen (secondary N) is 1. The fraction of sp³-hybridized carbons (Fsp3) is 0.917. The van der Waals surface area contributed by atoms with Crippen molar-refractivity contribution < 1.29 is 4.79 Å². The molecule has 2 fully saturated rings. The largest absolute Gasteiger partial charge is 0.337 e. The summed E-state index contributed by atoms with van der Waals surface area (Å²) in [5, 5.41) is 3.03. The number of piperidine rings is 1. The molecule has 0 aromatic rings. The number of likely N-dealkylation sites (tertiary alicyclic amines) is 1. The fourth-order valence-corrected chi connectivity index (χ4v) is 2.56. The van der Waals surface area contributed by atoms with Gasteiger partial charge in [0.1, 0.15) is 0 Å². The summed E-state index contributed by atoms with van der Waals surface area (Å²) in [6.45, 7) is 3.85. The Hall–Kier alpha value is -0.770. The molecule has 2 amide bonds. The molecule has 1 aliphatic carbocycles. The highest BCUT2D eigenvalue weighted by atomic mass is 16.2. The number of nitrogens with zero attached hydrogens (tertiary/aromatic N) is 1. The van der Waals surface area contributed by atoms with Crippen molar-refractivity contribution in [3.05, 3.63) is 0 Å². The van der Waals surface area contributed by atoms with Crippen LogP contribution < -0.4 is 11.1 Å². The van der Waals surface area contributed by atoms with Gasteiger partial charge in [0.2, 0.25) is 0 Å². The van der Waals surface area contributed by atoms with Gasteiger partial charge in [-0.15, -0.1) is 0 Å². The van der Waals surface area contributed by atoms with Crippen LogP contribution >= 0.6 is 0 Å². The molecule has 1 aliphatic heterocycles. The van der Waals surface area contributed by atoms with Crippen molar-refractivity contribution in [1.29, 1.82) is 0 Å². The highest BCUT2D eigenvalue weighted by Gasteiger charge is 2.33. The molecule has 1 atom stereocenters. The minimum atomic E-state index is -0.0806. The van der Waals surface area contributed by atoms with E-state index < -0.39 is 0 Å². The summed E-state index contributed by atoms with van der Waals surface area (Å²) >= 11 is 0. The molecule has 4 heteroatoms. The summed E-state index contributed by atoms with van der Waals surface area (Å²) in [6.07, 6.45) is 6.85. The van der Waals surface area contributed by atoms with Crippen molar-refractivity contribution in [2.75, 3.05) is 13.1 Å². The van der Waals surface area contributed by atoms with E-state index >= 15 is 0 Å². The van der Waals surface area contributed by atoms with Gasteiger partial charge in [-0.2, -0.15) is 0 Å². The number of nitrogens with two attached hydrogens (primary N) is 1. The van der Waals surface area contributed by atoms with Crippen LogP contribution in [0.4, 0.5) is 4.79 Å². The SMILES string of the molecule is CC1(CNC(=O)N2CCCCC2N)CCC1. The van der Waals surface area contributed by atoms with Crippen molar-refractivity contribution in [2.45, 2.75) is 51.6 Å². The van der Waals surface area contributed by atoms with Crippen LogP contribution in [0.15, 0.2) is 0 Å². The quantitative estimate of drug-likeness (QED) is 0.751. The number of amides is 2. The Kier molecular flexibility index (Phi) is 3.38. The molecular weight excluding hydrogens is 202 g/mol. The van der Waals surface area contributed by atoms with Crippen molar-refractivity contribution >= 4 is 6.03 Å². The molecule has 0 aromatic heterocycles. The maximum Gasteiger partial charge on any atom is 0.318 e. The Labute approximate surface area is 97.6 Å². The van der Waals surface area contributed by atoms with E-state index in [1.165, 1.54) is 19.3 Å². The third-order valence-electron chi connectivity index (χ3n) is 4.04. The molecular formula is C12H23N3O. The number of hydrogen-bond donors (Lipinski definition) is 2. The number of urea groups is 1. The molecule has 1 saturated heterocycles. The van der Waals surface area contributed by atoms with Gasteiger partial charge in [-0.1, -0.05) is 13.3 Å². The minimum Gasteiger partial charge on any atom is -0.337 e. The Morgan fingerprint density at radius 2 is 2.19 bits per heavy atom. The van der Waals surface area contributed by atoms with Crippen LogP contribution in [0.2, 0.25) is 0 Å². The molecule has 92 valence electrons. The lowest BCUT2D eigenvalue weighted by molar-refractivity contribution is 0.129. The van der Waals surface area contributed by atoms with E-state index in [1.54, 1.807) is 4.90 Å². The molecule has 0 aromatic carbocycles. The first-order chi connectivity index (χ1) is 7.61. The van der Waals surface area contributed by atoms with Crippen molar-refractivity contribution in [2.24, 2.45) is 11.1 Å². The number of carbonyl (C=O) groups is 1. The van der Waals surface area contributed by atoms with Crippen LogP contribution in [0.5, 0.6) is 0 Å². The van der Waals surface area contributed by atoms with Gasteiger partial charge >= 0.3 is 6.03 Å². The molecule has 0 spiro atoms. The Bertz CT molecular complexity index is 263. The second kappa shape index (κ2) is 4.62. The smallest absolute Gasteiger partial charge is 0.318 e. The summed E-state index contributed by atoms with van der Waals surface area (Å²) in [6, 6.07) is 0.0281. The first-order valence-electron chi connectivity index (χ1n) is 6.41. The molecule has 4 nitrogen and oxygen atoms in total. The standard InChI is InChI=1S/C12H23N3O/c1-12(6-4-7-12)9-14-11(16)15-8-3-2-5-10(15)13/h10H,2-9,13H2,1H3,(H,14,16). The first-order valence-corrected chi connectivity index (χ1v) is 6.41. The summed E-state index contributed by atoms with van der Waals surface area (Å²) in [5.74, 6) is 0. The normalized spacial score (nSPS) is 28.4. The van der Waals surface area contributed by atoms with E-state index in [-0.39, 0.29) is 12.2 Å².